The summed E-state index contributed by atoms with van der Waals surface area (Å²) in [6.07, 6.45) is 0. The van der Waals surface area contributed by atoms with Gasteiger partial charge in [0.25, 0.3) is 0 Å². The lowest BCUT2D eigenvalue weighted by Crippen LogP contribution is -2.47. The van der Waals surface area contributed by atoms with Crippen LogP contribution >= 0.6 is 11.6 Å². The van der Waals surface area contributed by atoms with Crippen LogP contribution < -0.4 is 10.2 Å². The smallest absolute Gasteiger partial charge is 0.221 e. The molecule has 1 saturated heterocycles. The van der Waals surface area contributed by atoms with E-state index in [4.69, 9.17) is 16.3 Å². The second-order valence-corrected chi connectivity index (χ2v) is 11.2. The van der Waals surface area contributed by atoms with Crippen molar-refractivity contribution in [1.82, 2.24) is 9.80 Å². The van der Waals surface area contributed by atoms with Gasteiger partial charge >= 0.3 is 0 Å². The molecule has 1 aliphatic rings. The van der Waals surface area contributed by atoms with Crippen LogP contribution in [0.3, 0.4) is 0 Å². The highest BCUT2D eigenvalue weighted by Gasteiger charge is 2.26. The molecule has 0 bridgehead atoms. The summed E-state index contributed by atoms with van der Waals surface area (Å²) in [6, 6.07) is 33.3. The van der Waals surface area contributed by atoms with Crippen LogP contribution in [0.15, 0.2) is 102 Å². The number of rotatable bonds is 8. The van der Waals surface area contributed by atoms with Crippen LogP contribution in [0.25, 0.3) is 11.1 Å². The molecule has 0 radical (unpaired) electrons. The largest absolute Gasteiger partial charge is 0.492 e. The van der Waals surface area contributed by atoms with E-state index < -0.39 is 0 Å². The van der Waals surface area contributed by atoms with E-state index >= 15 is 0 Å². The molecular formula is C35H37ClN2O2. The predicted octanol–water partition coefficient (Wildman–Crippen LogP) is 7.41. The number of hydrogen-bond acceptors (Lipinski definition) is 4. The summed E-state index contributed by atoms with van der Waals surface area (Å²) < 4.78 is 5.60. The van der Waals surface area contributed by atoms with Gasteiger partial charge < -0.3 is 4.74 Å². The Morgan fingerprint density at radius 1 is 0.775 bits per heavy atom. The third-order valence-electron chi connectivity index (χ3n) is 7.81. The van der Waals surface area contributed by atoms with Gasteiger partial charge in [0.15, 0.2) is 5.75 Å². The Labute approximate surface area is 242 Å². The maximum atomic E-state index is 12.7. The van der Waals surface area contributed by atoms with Crippen molar-refractivity contribution in [2.24, 2.45) is 0 Å². The van der Waals surface area contributed by atoms with E-state index in [1.165, 1.54) is 16.7 Å². The second kappa shape index (κ2) is 12.8. The van der Waals surface area contributed by atoms with E-state index in [-0.39, 0.29) is 17.4 Å². The molecule has 0 N–H and O–H groups in total. The summed E-state index contributed by atoms with van der Waals surface area (Å²) in [5.74, 6) is 0.672. The lowest BCUT2D eigenvalue weighted by molar-refractivity contribution is 0.105. The first kappa shape index (κ1) is 28.1. The Bertz CT molecular complexity index is 1460. The molecule has 4 aromatic rings. The summed E-state index contributed by atoms with van der Waals surface area (Å²) >= 11 is 6.20. The van der Waals surface area contributed by atoms with Crippen molar-refractivity contribution in [2.75, 3.05) is 33.3 Å². The summed E-state index contributed by atoms with van der Waals surface area (Å²) in [6.45, 7) is 9.16. The molecule has 4 nitrogen and oxygen atoms in total. The van der Waals surface area contributed by atoms with E-state index in [2.05, 4.69) is 90.4 Å². The van der Waals surface area contributed by atoms with E-state index in [9.17, 15) is 4.79 Å². The van der Waals surface area contributed by atoms with Crippen LogP contribution in [0.5, 0.6) is 5.75 Å². The summed E-state index contributed by atoms with van der Waals surface area (Å²) in [4.78, 5) is 17.8. The fourth-order valence-corrected chi connectivity index (χ4v) is 5.87. The van der Waals surface area contributed by atoms with Crippen LogP contribution in [0.1, 0.15) is 48.1 Å². The summed E-state index contributed by atoms with van der Waals surface area (Å²) in [5, 5.41) is 0.764. The zero-order valence-corrected chi connectivity index (χ0v) is 24.3. The molecule has 0 saturated carbocycles. The zero-order valence-electron chi connectivity index (χ0n) is 23.5. The van der Waals surface area contributed by atoms with Gasteiger partial charge in [-0.05, 0) is 51.9 Å². The minimum atomic E-state index is -0.0984. The number of nitrogens with zero attached hydrogens (tertiary/aromatic N) is 2. The Hall–Kier alpha value is -3.44. The fraction of sp³-hybridized carbons (Fsp3) is 0.286. The number of hydrogen-bond donors (Lipinski definition) is 0. The molecule has 1 heterocycles. The molecule has 5 rings (SSSR count). The zero-order chi connectivity index (χ0) is 28.1. The highest BCUT2D eigenvalue weighted by Crippen LogP contribution is 2.35. The average Bonchev–Trinajstić information content (AvgIpc) is 3.14. The number of halogens is 1. The lowest BCUT2D eigenvalue weighted by atomic mass is 9.93. The minimum Gasteiger partial charge on any atom is -0.492 e. The van der Waals surface area contributed by atoms with Crippen LogP contribution in [0.2, 0.25) is 5.02 Å². The molecule has 0 amide bonds. The first-order chi connectivity index (χ1) is 19.4. The molecule has 1 atom stereocenters. The van der Waals surface area contributed by atoms with E-state index in [0.717, 1.165) is 54.4 Å². The van der Waals surface area contributed by atoms with Crippen molar-refractivity contribution < 1.29 is 4.74 Å². The third kappa shape index (κ3) is 6.31. The summed E-state index contributed by atoms with van der Waals surface area (Å²) in [5.41, 5.74) is 6.75. The lowest BCUT2D eigenvalue weighted by Gasteiger charge is -2.40. The molecule has 0 aliphatic carbocycles. The van der Waals surface area contributed by atoms with Crippen molar-refractivity contribution in [3.8, 4) is 16.9 Å². The van der Waals surface area contributed by atoms with Crippen molar-refractivity contribution in [1.29, 1.82) is 0 Å². The average molecular weight is 553 g/mol. The molecular weight excluding hydrogens is 516 g/mol. The Morgan fingerprint density at radius 3 is 2.05 bits per heavy atom. The fourth-order valence-electron chi connectivity index (χ4n) is 5.74. The van der Waals surface area contributed by atoms with Gasteiger partial charge in [0.1, 0.15) is 0 Å². The summed E-state index contributed by atoms with van der Waals surface area (Å²) in [7, 11) is 1.58. The first-order valence-electron chi connectivity index (χ1n) is 14.0. The van der Waals surface area contributed by atoms with Crippen LogP contribution in [0, 0.1) is 0 Å². The molecule has 4 aromatic carbocycles. The second-order valence-electron chi connectivity index (χ2n) is 10.8. The van der Waals surface area contributed by atoms with Crippen molar-refractivity contribution in [3.05, 3.63) is 135 Å². The molecule has 0 spiro atoms. The Morgan fingerprint density at radius 2 is 1.43 bits per heavy atom. The molecule has 40 heavy (non-hydrogen) atoms. The molecule has 1 unspecified atom stereocenters. The van der Waals surface area contributed by atoms with Gasteiger partial charge in [0.2, 0.25) is 5.43 Å². The van der Waals surface area contributed by atoms with Crippen molar-refractivity contribution in [3.63, 3.8) is 0 Å². The van der Waals surface area contributed by atoms with Gasteiger partial charge in [-0.25, -0.2) is 0 Å². The van der Waals surface area contributed by atoms with E-state index in [1.807, 2.05) is 24.3 Å². The third-order valence-corrected chi connectivity index (χ3v) is 8.06. The van der Waals surface area contributed by atoms with Crippen molar-refractivity contribution >= 4 is 11.6 Å². The monoisotopic (exact) mass is 552 g/mol. The number of benzene rings is 3. The molecule has 1 aliphatic heterocycles. The van der Waals surface area contributed by atoms with Crippen LogP contribution in [-0.2, 0) is 6.54 Å². The maximum Gasteiger partial charge on any atom is 0.221 e. The Balaban J connectivity index is 1.30. The molecule has 206 valence electrons. The first-order valence-corrected chi connectivity index (χ1v) is 14.4. The van der Waals surface area contributed by atoms with Crippen molar-refractivity contribution in [2.45, 2.75) is 32.4 Å². The quantitative estimate of drug-likeness (QED) is 0.228. The number of piperazine rings is 1. The molecule has 1 fully saturated rings. The number of ether oxygens (including phenoxy) is 1. The van der Waals surface area contributed by atoms with E-state index in [1.54, 1.807) is 13.2 Å². The van der Waals surface area contributed by atoms with E-state index in [0.29, 0.717) is 5.75 Å². The minimum absolute atomic E-state index is 0.0984. The predicted molar refractivity (Wildman–Crippen MR) is 165 cm³/mol. The van der Waals surface area contributed by atoms with Gasteiger partial charge in [-0.15, -0.1) is 0 Å². The van der Waals surface area contributed by atoms with Gasteiger partial charge in [-0.2, -0.15) is 0 Å². The molecule has 5 heteroatoms. The van der Waals surface area contributed by atoms with Gasteiger partial charge in [-0.3, -0.25) is 14.6 Å². The van der Waals surface area contributed by atoms with Crippen LogP contribution in [0.4, 0.5) is 0 Å². The number of methoxy groups -OCH3 is 1. The SMILES string of the molecule is COc1c(-c2ccc(CN3CCN(C(c4ccccc4)c4ccc(Cl)cc4)CC3)cc2)c(C(C)C)cccc1=O. The normalized spacial score (nSPS) is 15.2. The van der Waals surface area contributed by atoms with Crippen LogP contribution in [-0.4, -0.2) is 43.1 Å². The molecule has 0 aromatic heterocycles. The highest BCUT2D eigenvalue weighted by atomic mass is 35.5. The maximum absolute atomic E-state index is 12.7. The van der Waals surface area contributed by atoms with Gasteiger partial charge in [0, 0.05) is 43.3 Å². The highest BCUT2D eigenvalue weighted by molar-refractivity contribution is 6.30. The topological polar surface area (TPSA) is 32.8 Å². The standard InChI is InChI=1S/C35H37ClN2O2/c1-25(2)31-10-7-11-32(39)35(40-3)33(31)27-14-12-26(13-15-27)24-37-20-22-38(23-21-37)34(28-8-5-4-6-9-28)29-16-18-30(36)19-17-29/h4-19,25,34H,20-24H2,1-3H3. The Kier molecular flexibility index (Phi) is 9.01. The van der Waals surface area contributed by atoms with Gasteiger partial charge in [0.05, 0.1) is 13.2 Å². The van der Waals surface area contributed by atoms with Gasteiger partial charge in [-0.1, -0.05) is 104 Å².